The minimum atomic E-state index is -0.871. The Kier molecular flexibility index (Phi) is 4.86. The summed E-state index contributed by atoms with van der Waals surface area (Å²) in [6, 6.07) is 5.57. The number of ether oxygens (including phenoxy) is 1. The first-order valence-electron chi connectivity index (χ1n) is 6.25. The van der Waals surface area contributed by atoms with Crippen molar-refractivity contribution in [2.75, 3.05) is 6.61 Å². The number of thiophene rings is 1. The van der Waals surface area contributed by atoms with Gasteiger partial charge in [0.05, 0.1) is 4.92 Å². The molecule has 0 aliphatic rings. The molecule has 0 radical (unpaired) electrons. The lowest BCUT2D eigenvalue weighted by Gasteiger charge is -2.05. The van der Waals surface area contributed by atoms with Crippen LogP contribution in [0.25, 0.3) is 0 Å². The van der Waals surface area contributed by atoms with Crippen LogP contribution in [0.5, 0.6) is 0 Å². The second kappa shape index (κ2) is 6.83. The topological polar surface area (TPSA) is 121 Å². The normalized spacial score (nSPS) is 10.1. The maximum absolute atomic E-state index is 11.8. The van der Waals surface area contributed by atoms with E-state index >= 15 is 0 Å². The van der Waals surface area contributed by atoms with Gasteiger partial charge < -0.3 is 9.30 Å². The van der Waals surface area contributed by atoms with Crippen LogP contribution in [-0.4, -0.2) is 33.9 Å². The van der Waals surface area contributed by atoms with Crippen molar-refractivity contribution in [2.45, 2.75) is 0 Å². The zero-order valence-corrected chi connectivity index (χ0v) is 12.7. The van der Waals surface area contributed by atoms with Gasteiger partial charge in [-0.1, -0.05) is 11.3 Å². The number of imide groups is 1. The number of hydrogen-bond donors (Lipinski definition) is 1. The molecule has 9 nitrogen and oxygen atoms in total. The van der Waals surface area contributed by atoms with Gasteiger partial charge in [-0.3, -0.25) is 25.0 Å². The average Bonchev–Trinajstić information content (AvgIpc) is 3.13. The molecule has 0 aliphatic heterocycles. The Morgan fingerprint density at radius 2 is 2.09 bits per heavy atom. The van der Waals surface area contributed by atoms with Crippen molar-refractivity contribution in [3.05, 3.63) is 51.1 Å². The number of nitro groups is 1. The number of carbonyl (C=O) groups is 3. The predicted octanol–water partition coefficient (Wildman–Crippen LogP) is 1.11. The monoisotopic (exact) mass is 337 g/mol. The highest BCUT2D eigenvalue weighted by Crippen LogP contribution is 2.24. The Morgan fingerprint density at radius 1 is 1.35 bits per heavy atom. The SMILES string of the molecule is Cn1cccc1C(=O)NC(=O)COC(=O)c1ccc([N+](=O)[O-])s1. The molecular weight excluding hydrogens is 326 g/mol. The molecule has 2 amide bonds. The highest BCUT2D eigenvalue weighted by molar-refractivity contribution is 7.17. The third-order valence-electron chi connectivity index (χ3n) is 2.74. The number of amides is 2. The summed E-state index contributed by atoms with van der Waals surface area (Å²) < 4.78 is 6.24. The molecule has 2 aromatic heterocycles. The summed E-state index contributed by atoms with van der Waals surface area (Å²) in [7, 11) is 1.64. The fraction of sp³-hybridized carbons (Fsp3) is 0.154. The third-order valence-corrected chi connectivity index (χ3v) is 3.75. The van der Waals surface area contributed by atoms with Crippen LogP contribution in [0.4, 0.5) is 5.00 Å². The van der Waals surface area contributed by atoms with Crippen LogP contribution < -0.4 is 5.32 Å². The molecule has 1 N–H and O–H groups in total. The number of hydrogen-bond acceptors (Lipinski definition) is 7. The standard InChI is InChI=1S/C13H11N3O6S/c1-15-6-2-3-8(15)12(18)14-10(17)7-22-13(19)9-4-5-11(23-9)16(20)21/h2-6H,7H2,1H3,(H,14,17,18). The van der Waals surface area contributed by atoms with E-state index in [9.17, 15) is 24.5 Å². The first-order chi connectivity index (χ1) is 10.9. The number of carbonyl (C=O) groups excluding carboxylic acids is 3. The number of esters is 1. The molecule has 2 heterocycles. The Balaban J connectivity index is 1.86. The van der Waals surface area contributed by atoms with Crippen LogP contribution in [-0.2, 0) is 16.6 Å². The molecule has 0 bridgehead atoms. The minimum Gasteiger partial charge on any atom is -0.451 e. The quantitative estimate of drug-likeness (QED) is 0.495. The largest absolute Gasteiger partial charge is 0.451 e. The smallest absolute Gasteiger partial charge is 0.349 e. The summed E-state index contributed by atoms with van der Waals surface area (Å²) in [5, 5.41) is 12.4. The van der Waals surface area contributed by atoms with Gasteiger partial charge in [0.25, 0.3) is 11.8 Å². The van der Waals surface area contributed by atoms with Crippen molar-refractivity contribution < 1.29 is 24.0 Å². The molecular formula is C13H11N3O6S. The zero-order valence-electron chi connectivity index (χ0n) is 11.8. The van der Waals surface area contributed by atoms with Crippen molar-refractivity contribution in [3.63, 3.8) is 0 Å². The summed E-state index contributed by atoms with van der Waals surface area (Å²) in [4.78, 5) is 44.9. The zero-order chi connectivity index (χ0) is 17.0. The lowest BCUT2D eigenvalue weighted by molar-refractivity contribution is -0.380. The summed E-state index contributed by atoms with van der Waals surface area (Å²) in [6.45, 7) is -0.666. The van der Waals surface area contributed by atoms with E-state index < -0.39 is 29.3 Å². The number of nitrogens with zero attached hydrogens (tertiary/aromatic N) is 2. The molecule has 10 heteroatoms. The molecule has 0 atom stereocenters. The molecule has 0 aliphatic carbocycles. The summed E-state index contributed by atoms with van der Waals surface area (Å²) in [5.74, 6) is -2.29. The fourth-order valence-corrected chi connectivity index (χ4v) is 2.38. The highest BCUT2D eigenvalue weighted by Gasteiger charge is 2.18. The maximum Gasteiger partial charge on any atom is 0.349 e. The minimum absolute atomic E-state index is 0.00161. The lowest BCUT2D eigenvalue weighted by Crippen LogP contribution is -2.35. The lowest BCUT2D eigenvalue weighted by atomic mass is 10.4. The second-order valence-corrected chi connectivity index (χ2v) is 5.41. The van der Waals surface area contributed by atoms with Crippen LogP contribution in [0.1, 0.15) is 20.2 Å². The van der Waals surface area contributed by atoms with E-state index in [1.165, 1.54) is 22.8 Å². The van der Waals surface area contributed by atoms with E-state index in [0.29, 0.717) is 11.3 Å². The summed E-state index contributed by atoms with van der Waals surface area (Å²) >= 11 is 0.639. The summed E-state index contributed by atoms with van der Waals surface area (Å²) in [5.41, 5.74) is 0.276. The molecule has 0 aromatic carbocycles. The van der Waals surface area contributed by atoms with Crippen LogP contribution >= 0.6 is 11.3 Å². The van der Waals surface area contributed by atoms with Crippen LogP contribution in [0.2, 0.25) is 0 Å². The first kappa shape index (κ1) is 16.4. The molecule has 0 saturated carbocycles. The molecule has 0 unspecified atom stereocenters. The van der Waals surface area contributed by atoms with Gasteiger partial charge in [0.2, 0.25) is 0 Å². The third kappa shape index (κ3) is 4.01. The molecule has 2 rings (SSSR count). The number of rotatable bonds is 5. The predicted molar refractivity (Wildman–Crippen MR) is 79.1 cm³/mol. The molecule has 0 spiro atoms. The van der Waals surface area contributed by atoms with Crippen molar-refractivity contribution in [1.82, 2.24) is 9.88 Å². The highest BCUT2D eigenvalue weighted by atomic mass is 32.1. The van der Waals surface area contributed by atoms with Crippen LogP contribution in [0, 0.1) is 10.1 Å². The first-order valence-corrected chi connectivity index (χ1v) is 7.07. The van der Waals surface area contributed by atoms with Crippen LogP contribution in [0.3, 0.4) is 0 Å². The van der Waals surface area contributed by atoms with Gasteiger partial charge >= 0.3 is 11.0 Å². The van der Waals surface area contributed by atoms with Gasteiger partial charge in [-0.15, -0.1) is 0 Å². The van der Waals surface area contributed by atoms with Crippen molar-refractivity contribution in [2.24, 2.45) is 7.05 Å². The van der Waals surface area contributed by atoms with Crippen molar-refractivity contribution in [1.29, 1.82) is 0 Å². The van der Waals surface area contributed by atoms with Crippen molar-refractivity contribution >= 4 is 34.1 Å². The molecule has 120 valence electrons. The molecule has 0 saturated heterocycles. The van der Waals surface area contributed by atoms with Gasteiger partial charge in [-0.2, -0.15) is 0 Å². The van der Waals surface area contributed by atoms with Gasteiger partial charge in [0.15, 0.2) is 6.61 Å². The molecule has 2 aromatic rings. The van der Waals surface area contributed by atoms with E-state index in [2.05, 4.69) is 5.32 Å². The van der Waals surface area contributed by atoms with Gasteiger partial charge in [-0.25, -0.2) is 4.79 Å². The number of aryl methyl sites for hydroxylation is 1. The van der Waals surface area contributed by atoms with E-state index in [-0.39, 0.29) is 15.6 Å². The second-order valence-electron chi connectivity index (χ2n) is 4.35. The Hall–Kier alpha value is -3.01. The van der Waals surface area contributed by atoms with E-state index in [1.54, 1.807) is 19.3 Å². The van der Waals surface area contributed by atoms with Gasteiger partial charge in [0.1, 0.15) is 10.6 Å². The Morgan fingerprint density at radius 3 is 2.65 bits per heavy atom. The van der Waals surface area contributed by atoms with Gasteiger partial charge in [0, 0.05) is 19.3 Å². The van der Waals surface area contributed by atoms with E-state index in [0.717, 1.165) is 0 Å². The molecule has 23 heavy (non-hydrogen) atoms. The number of aromatic nitrogens is 1. The van der Waals surface area contributed by atoms with Crippen molar-refractivity contribution in [3.8, 4) is 0 Å². The Labute approximate surface area is 133 Å². The molecule has 0 fully saturated rings. The van der Waals surface area contributed by atoms with Crippen LogP contribution in [0.15, 0.2) is 30.5 Å². The Bertz CT molecular complexity index is 778. The van der Waals surface area contributed by atoms with Gasteiger partial charge in [-0.05, 0) is 18.2 Å². The fourth-order valence-electron chi connectivity index (χ4n) is 1.66. The van der Waals surface area contributed by atoms with E-state index in [1.807, 2.05) is 0 Å². The van der Waals surface area contributed by atoms with E-state index in [4.69, 9.17) is 4.74 Å². The number of nitrogens with one attached hydrogen (secondary N) is 1. The average molecular weight is 337 g/mol. The summed E-state index contributed by atoms with van der Waals surface area (Å²) in [6.07, 6.45) is 1.64. The maximum atomic E-state index is 11.8.